The zero-order valence-corrected chi connectivity index (χ0v) is 15.2. The largest absolute Gasteiger partial charge is 0.345 e. The van der Waals surface area contributed by atoms with Gasteiger partial charge in [0.05, 0.1) is 21.5 Å². The molecule has 0 bridgehead atoms. The SMILES string of the molecule is CC(NC(=O)c1cc(Br)ccc1Cl)c1ccc(S(N)(=O)=O)cc1. The second-order valence-electron chi connectivity index (χ2n) is 4.93. The lowest BCUT2D eigenvalue weighted by molar-refractivity contribution is 0.0940. The molecule has 2 aromatic carbocycles. The van der Waals surface area contributed by atoms with E-state index >= 15 is 0 Å². The van der Waals surface area contributed by atoms with Crippen LogP contribution in [0.3, 0.4) is 0 Å². The maximum atomic E-state index is 12.3. The van der Waals surface area contributed by atoms with E-state index in [1.165, 1.54) is 12.1 Å². The highest BCUT2D eigenvalue weighted by Crippen LogP contribution is 2.22. The van der Waals surface area contributed by atoms with Crippen LogP contribution in [-0.2, 0) is 10.0 Å². The summed E-state index contributed by atoms with van der Waals surface area (Å²) in [5.41, 5.74) is 1.10. The third-order valence-electron chi connectivity index (χ3n) is 3.23. The molecule has 3 N–H and O–H groups in total. The van der Waals surface area contributed by atoms with Gasteiger partial charge in [-0.25, -0.2) is 13.6 Å². The quantitative estimate of drug-likeness (QED) is 0.800. The van der Waals surface area contributed by atoms with Crippen LogP contribution >= 0.6 is 27.5 Å². The van der Waals surface area contributed by atoms with Crippen molar-refractivity contribution in [3.05, 3.63) is 63.1 Å². The first-order valence-electron chi connectivity index (χ1n) is 6.57. The number of rotatable bonds is 4. The molecular weight excluding hydrogens is 404 g/mol. The molecule has 0 heterocycles. The van der Waals surface area contributed by atoms with Crippen molar-refractivity contribution in [2.45, 2.75) is 17.9 Å². The fourth-order valence-corrected chi connectivity index (χ4v) is 3.06. The Bertz CT molecular complexity index is 838. The minimum atomic E-state index is -3.73. The maximum absolute atomic E-state index is 12.3. The molecule has 0 radical (unpaired) electrons. The van der Waals surface area contributed by atoms with Crippen LogP contribution in [0.25, 0.3) is 0 Å². The first kappa shape index (κ1) is 17.9. The van der Waals surface area contributed by atoms with Gasteiger partial charge in [-0.15, -0.1) is 0 Å². The van der Waals surface area contributed by atoms with Gasteiger partial charge in [-0.1, -0.05) is 39.7 Å². The van der Waals surface area contributed by atoms with Crippen LogP contribution in [0.1, 0.15) is 28.9 Å². The van der Waals surface area contributed by atoms with E-state index in [4.69, 9.17) is 16.7 Å². The fraction of sp³-hybridized carbons (Fsp3) is 0.133. The summed E-state index contributed by atoms with van der Waals surface area (Å²) in [6.07, 6.45) is 0. The van der Waals surface area contributed by atoms with Crippen LogP contribution in [0.4, 0.5) is 0 Å². The number of nitrogens with one attached hydrogen (secondary N) is 1. The lowest BCUT2D eigenvalue weighted by Crippen LogP contribution is -2.27. The van der Waals surface area contributed by atoms with E-state index < -0.39 is 10.0 Å². The summed E-state index contributed by atoms with van der Waals surface area (Å²) < 4.78 is 23.2. The molecule has 0 fully saturated rings. The van der Waals surface area contributed by atoms with Gasteiger partial charge in [-0.2, -0.15) is 0 Å². The van der Waals surface area contributed by atoms with Crippen molar-refractivity contribution < 1.29 is 13.2 Å². The van der Waals surface area contributed by atoms with Gasteiger partial charge in [0.25, 0.3) is 5.91 Å². The Morgan fingerprint density at radius 2 is 1.83 bits per heavy atom. The first-order valence-corrected chi connectivity index (χ1v) is 9.29. The summed E-state index contributed by atoms with van der Waals surface area (Å²) in [6.45, 7) is 1.79. The number of halogens is 2. The lowest BCUT2D eigenvalue weighted by atomic mass is 10.1. The van der Waals surface area contributed by atoms with Gasteiger partial charge >= 0.3 is 0 Å². The molecule has 1 amide bonds. The van der Waals surface area contributed by atoms with Crippen molar-refractivity contribution in [1.29, 1.82) is 0 Å². The summed E-state index contributed by atoms with van der Waals surface area (Å²) in [7, 11) is -3.73. The Kier molecular flexibility index (Phi) is 5.46. The third kappa shape index (κ3) is 4.54. The number of nitrogens with two attached hydrogens (primary N) is 1. The zero-order chi connectivity index (χ0) is 17.2. The number of sulfonamides is 1. The number of carbonyl (C=O) groups is 1. The van der Waals surface area contributed by atoms with E-state index in [0.29, 0.717) is 10.6 Å². The topological polar surface area (TPSA) is 89.3 Å². The van der Waals surface area contributed by atoms with E-state index in [-0.39, 0.29) is 16.8 Å². The highest BCUT2D eigenvalue weighted by atomic mass is 79.9. The Labute approximate surface area is 148 Å². The summed E-state index contributed by atoms with van der Waals surface area (Å²) in [5.74, 6) is -0.320. The Balaban J connectivity index is 2.17. The second-order valence-corrected chi connectivity index (χ2v) is 7.82. The number of amides is 1. The Hall–Kier alpha value is -1.41. The smallest absolute Gasteiger partial charge is 0.253 e. The van der Waals surface area contributed by atoms with Gasteiger partial charge in [-0.05, 0) is 42.8 Å². The number of hydrogen-bond donors (Lipinski definition) is 2. The summed E-state index contributed by atoms with van der Waals surface area (Å²) in [5, 5.41) is 8.22. The van der Waals surface area contributed by atoms with Gasteiger partial charge < -0.3 is 5.32 Å². The Morgan fingerprint density at radius 3 is 2.39 bits per heavy atom. The van der Waals surface area contributed by atoms with Crippen LogP contribution < -0.4 is 10.5 Å². The second kappa shape index (κ2) is 7.00. The van der Waals surface area contributed by atoms with Crippen molar-refractivity contribution in [2.24, 2.45) is 5.14 Å². The molecule has 2 aromatic rings. The highest BCUT2D eigenvalue weighted by molar-refractivity contribution is 9.10. The molecule has 0 spiro atoms. The zero-order valence-electron chi connectivity index (χ0n) is 12.1. The third-order valence-corrected chi connectivity index (χ3v) is 4.98. The number of hydrogen-bond acceptors (Lipinski definition) is 3. The van der Waals surface area contributed by atoms with Crippen molar-refractivity contribution in [2.75, 3.05) is 0 Å². The van der Waals surface area contributed by atoms with E-state index in [1.54, 1.807) is 37.3 Å². The lowest BCUT2D eigenvalue weighted by Gasteiger charge is -2.15. The predicted molar refractivity (Wildman–Crippen MR) is 92.8 cm³/mol. The molecule has 122 valence electrons. The van der Waals surface area contributed by atoms with Crippen molar-refractivity contribution in [1.82, 2.24) is 5.32 Å². The molecule has 0 aliphatic heterocycles. The van der Waals surface area contributed by atoms with Gasteiger partial charge in [0.2, 0.25) is 10.0 Å². The summed E-state index contributed by atoms with van der Waals surface area (Å²) >= 11 is 9.32. The average Bonchev–Trinajstić information content (AvgIpc) is 2.48. The number of primary sulfonamides is 1. The van der Waals surface area contributed by atoms with Gasteiger partial charge in [-0.3, -0.25) is 4.79 Å². The predicted octanol–water partition coefficient (Wildman–Crippen LogP) is 3.24. The van der Waals surface area contributed by atoms with Crippen LogP contribution in [-0.4, -0.2) is 14.3 Å². The van der Waals surface area contributed by atoms with Crippen molar-refractivity contribution in [3.8, 4) is 0 Å². The molecule has 0 aliphatic carbocycles. The van der Waals surface area contributed by atoms with Crippen LogP contribution in [0.2, 0.25) is 5.02 Å². The normalized spacial score (nSPS) is 12.7. The van der Waals surface area contributed by atoms with E-state index in [0.717, 1.165) is 10.0 Å². The van der Waals surface area contributed by atoms with Crippen LogP contribution in [0.15, 0.2) is 51.8 Å². The van der Waals surface area contributed by atoms with E-state index in [1.807, 2.05) is 0 Å². The van der Waals surface area contributed by atoms with Crippen LogP contribution in [0, 0.1) is 0 Å². The van der Waals surface area contributed by atoms with E-state index in [9.17, 15) is 13.2 Å². The standard InChI is InChI=1S/C15H14BrClN2O3S/c1-9(10-2-5-12(6-3-10)23(18,21)22)19-15(20)13-8-11(16)4-7-14(13)17/h2-9H,1H3,(H,19,20)(H2,18,21,22). The first-order chi connectivity index (χ1) is 10.7. The van der Waals surface area contributed by atoms with Crippen molar-refractivity contribution in [3.63, 3.8) is 0 Å². The van der Waals surface area contributed by atoms with Gasteiger partial charge in [0.1, 0.15) is 0 Å². The molecule has 0 saturated carbocycles. The molecular formula is C15H14BrClN2O3S. The van der Waals surface area contributed by atoms with Gasteiger partial charge in [0, 0.05) is 4.47 Å². The fourth-order valence-electron chi connectivity index (χ4n) is 1.98. The molecule has 23 heavy (non-hydrogen) atoms. The highest BCUT2D eigenvalue weighted by Gasteiger charge is 2.15. The molecule has 8 heteroatoms. The maximum Gasteiger partial charge on any atom is 0.253 e. The van der Waals surface area contributed by atoms with Crippen LogP contribution in [0.5, 0.6) is 0 Å². The minimum Gasteiger partial charge on any atom is -0.345 e. The monoisotopic (exact) mass is 416 g/mol. The molecule has 5 nitrogen and oxygen atoms in total. The molecule has 0 aromatic heterocycles. The minimum absolute atomic E-state index is 0.0230. The van der Waals surface area contributed by atoms with E-state index in [2.05, 4.69) is 21.2 Å². The Morgan fingerprint density at radius 1 is 1.22 bits per heavy atom. The molecule has 2 rings (SSSR count). The number of benzene rings is 2. The van der Waals surface area contributed by atoms with Crippen molar-refractivity contribution >= 4 is 43.5 Å². The summed E-state index contributed by atoms with van der Waals surface area (Å²) in [6, 6.07) is 10.7. The average molecular weight is 418 g/mol. The summed E-state index contributed by atoms with van der Waals surface area (Å²) in [4.78, 5) is 12.3. The molecule has 1 unspecified atom stereocenters. The number of carbonyl (C=O) groups excluding carboxylic acids is 1. The molecule has 0 saturated heterocycles. The molecule has 0 aliphatic rings. The van der Waals surface area contributed by atoms with Gasteiger partial charge in [0.15, 0.2) is 0 Å². The molecule has 1 atom stereocenters.